The van der Waals surface area contributed by atoms with Crippen LogP contribution in [0, 0.1) is 34.6 Å². The summed E-state index contributed by atoms with van der Waals surface area (Å²) in [6.07, 6.45) is 2.24. The molecular weight excluding hydrogens is 888 g/mol. The van der Waals surface area contributed by atoms with Gasteiger partial charge in [-0.25, -0.2) is 15.0 Å². The van der Waals surface area contributed by atoms with Gasteiger partial charge in [0, 0.05) is 35.9 Å². The summed E-state index contributed by atoms with van der Waals surface area (Å²) in [6, 6.07) is 22.7. The Labute approximate surface area is 402 Å². The molecule has 16 heteroatoms. The van der Waals surface area contributed by atoms with Crippen LogP contribution in [0.4, 0.5) is 0 Å². The van der Waals surface area contributed by atoms with Crippen molar-refractivity contribution in [3.8, 4) is 68.6 Å². The first-order valence-electron chi connectivity index (χ1n) is 22.7. The third-order valence-corrected chi connectivity index (χ3v) is 11.0. The van der Waals surface area contributed by atoms with Crippen LogP contribution in [0.15, 0.2) is 78.9 Å². The molecule has 15 nitrogen and oxygen atoms in total. The average Bonchev–Trinajstić information content (AvgIpc) is 3.72. The molecule has 360 valence electrons. The van der Waals surface area contributed by atoms with Crippen molar-refractivity contribution in [1.29, 1.82) is 0 Å². The van der Waals surface area contributed by atoms with E-state index in [0.717, 1.165) is 64.6 Å². The molecule has 2 atom stereocenters. The smallest absolute Gasteiger partial charge is 0.167 e. The van der Waals surface area contributed by atoms with Crippen LogP contribution in [0.3, 0.4) is 0 Å². The summed E-state index contributed by atoms with van der Waals surface area (Å²) in [6.45, 7) is 15.4. The van der Waals surface area contributed by atoms with Crippen LogP contribution in [0.1, 0.15) is 67.3 Å². The molecule has 0 fully saturated rings. The molecule has 0 saturated heterocycles. The van der Waals surface area contributed by atoms with Gasteiger partial charge in [-0.05, 0) is 118 Å². The van der Waals surface area contributed by atoms with Crippen molar-refractivity contribution in [1.82, 2.24) is 29.9 Å². The minimum Gasteiger partial charge on any atom is -0.507 e. The lowest BCUT2D eigenvalue weighted by Crippen LogP contribution is -2.23. The predicted molar refractivity (Wildman–Crippen MR) is 263 cm³/mol. The Morgan fingerprint density at radius 3 is 1.56 bits per heavy atom. The van der Waals surface area contributed by atoms with Gasteiger partial charge in [-0.3, -0.25) is 0 Å². The van der Waals surface area contributed by atoms with Gasteiger partial charge in [0.1, 0.15) is 70.9 Å². The van der Waals surface area contributed by atoms with Crippen LogP contribution in [0.25, 0.3) is 50.9 Å². The third kappa shape index (κ3) is 13.6. The first-order chi connectivity index (χ1) is 32.6. The van der Waals surface area contributed by atoms with Crippen molar-refractivity contribution in [3.63, 3.8) is 0 Å². The van der Waals surface area contributed by atoms with Gasteiger partial charge in [-0.2, -0.15) is 0 Å². The fourth-order valence-corrected chi connectivity index (χ4v) is 7.51. The average molecular weight is 950 g/mol. The summed E-state index contributed by atoms with van der Waals surface area (Å²) in [5, 5.41) is 62.0. The normalized spacial score (nSPS) is 12.1. The summed E-state index contributed by atoms with van der Waals surface area (Å²) < 4.78 is 22.3. The number of ether oxygens (including phenoxy) is 4. The maximum Gasteiger partial charge on any atom is 0.167 e. The number of nitrogens with zero attached hydrogens (tertiary/aromatic N) is 6. The maximum absolute atomic E-state index is 11.1. The molecule has 0 aliphatic rings. The van der Waals surface area contributed by atoms with E-state index in [9.17, 15) is 25.5 Å². The molecule has 7 aromatic rings. The monoisotopic (exact) mass is 948 g/mol. The zero-order valence-corrected chi connectivity index (χ0v) is 40.4. The highest BCUT2D eigenvalue weighted by molar-refractivity contribution is 6.31. The highest BCUT2D eigenvalue weighted by atomic mass is 35.5. The molecule has 0 bridgehead atoms. The molecule has 0 amide bonds. The van der Waals surface area contributed by atoms with Crippen molar-refractivity contribution in [2.75, 3.05) is 39.6 Å². The summed E-state index contributed by atoms with van der Waals surface area (Å²) in [4.78, 5) is 15.6. The molecule has 2 unspecified atom stereocenters. The fourth-order valence-electron chi connectivity index (χ4n) is 7.34. The van der Waals surface area contributed by atoms with Gasteiger partial charge in [-0.1, -0.05) is 62.1 Å². The largest absolute Gasteiger partial charge is 0.507 e. The third-order valence-electron chi connectivity index (χ3n) is 10.7. The number of hydrogen-bond donors (Lipinski definition) is 5. The predicted octanol–water partition coefficient (Wildman–Crippen LogP) is 9.72. The molecule has 0 saturated carbocycles. The molecule has 5 aromatic carbocycles. The first-order valence-corrected chi connectivity index (χ1v) is 23.1. The van der Waals surface area contributed by atoms with Gasteiger partial charge in [-0.15, -0.1) is 15.0 Å². The van der Waals surface area contributed by atoms with Crippen LogP contribution in [0.2, 0.25) is 5.02 Å². The minimum atomic E-state index is -0.813. The fraction of sp³-hybridized carbons (Fsp3) is 0.365. The van der Waals surface area contributed by atoms with Crippen LogP contribution >= 0.6 is 11.6 Å². The zero-order chi connectivity index (χ0) is 48.9. The van der Waals surface area contributed by atoms with E-state index in [1.165, 1.54) is 16.9 Å². The molecule has 0 aliphatic heterocycles. The van der Waals surface area contributed by atoms with E-state index in [-0.39, 0.29) is 55.3 Å². The highest BCUT2D eigenvalue weighted by Crippen LogP contribution is 2.37. The second-order valence-electron chi connectivity index (χ2n) is 16.8. The van der Waals surface area contributed by atoms with Gasteiger partial charge >= 0.3 is 0 Å². The van der Waals surface area contributed by atoms with E-state index in [1.54, 1.807) is 42.5 Å². The number of hydrogen-bond acceptors (Lipinski definition) is 14. The van der Waals surface area contributed by atoms with Gasteiger partial charge in [0.15, 0.2) is 17.5 Å². The number of aromatic nitrogens is 6. The number of aromatic hydroxyl groups is 3. The number of phenols is 3. The van der Waals surface area contributed by atoms with Crippen LogP contribution in [-0.2, 0) is 9.47 Å². The lowest BCUT2D eigenvalue weighted by atomic mass is 9.99. The lowest BCUT2D eigenvalue weighted by Gasteiger charge is -2.15. The van der Waals surface area contributed by atoms with Crippen molar-refractivity contribution < 1.29 is 44.5 Å². The topological polar surface area (TPSA) is 207 Å². The number of aliphatic hydroxyl groups is 2. The molecular formula is C52H61ClN6O9. The second kappa shape index (κ2) is 24.1. The molecule has 68 heavy (non-hydrogen) atoms. The molecule has 0 radical (unpaired) electrons. The quantitative estimate of drug-likeness (QED) is 0.0451. The number of halogens is 1. The molecule has 2 aromatic heterocycles. The van der Waals surface area contributed by atoms with Crippen molar-refractivity contribution in [2.45, 2.75) is 86.4 Å². The second-order valence-corrected chi connectivity index (χ2v) is 17.2. The van der Waals surface area contributed by atoms with Gasteiger partial charge in [0.2, 0.25) is 0 Å². The number of aryl methyl sites for hydroxylation is 5. The first kappa shape index (κ1) is 51.0. The van der Waals surface area contributed by atoms with E-state index in [1.807, 2.05) is 58.9 Å². The molecule has 7 rings (SSSR count). The minimum absolute atomic E-state index is 0.00161. The van der Waals surface area contributed by atoms with Crippen LogP contribution in [-0.4, -0.2) is 107 Å². The number of phenolic OH excluding ortho intramolecular Hbond substituents is 3. The van der Waals surface area contributed by atoms with Crippen LogP contribution < -0.4 is 9.47 Å². The summed E-state index contributed by atoms with van der Waals surface area (Å²) >= 11 is 5.93. The zero-order valence-electron chi connectivity index (χ0n) is 39.7. The lowest BCUT2D eigenvalue weighted by molar-refractivity contribution is 0.0113. The van der Waals surface area contributed by atoms with E-state index >= 15 is 0 Å². The Bertz CT molecular complexity index is 2690. The number of unbranched alkanes of at least 4 members (excludes halogenated alkanes) is 2. The van der Waals surface area contributed by atoms with Gasteiger partial charge in [0.05, 0.1) is 24.3 Å². The van der Waals surface area contributed by atoms with Gasteiger partial charge < -0.3 is 44.5 Å². The van der Waals surface area contributed by atoms with E-state index in [4.69, 9.17) is 40.5 Å². The Morgan fingerprint density at radius 2 is 1.04 bits per heavy atom. The van der Waals surface area contributed by atoms with E-state index in [0.29, 0.717) is 57.9 Å². The standard InChI is InChI=1S/C38H49N3O8.C14H12ClN3O/c1-6-8-14-46-20-27(42)22-48-29-10-12-31(33(44)18-29)36-39-37(41-38(40-36)35-25(4)16-24(3)17-26(35)5)32-13-11-30(19-34(32)45)49-23-28(43)21-47-15-9-7-2;1-8-5-9(2)14(19)13(6-8)18-16-11-4-3-10(15)7-12(11)17-18/h10-13,16-19,27-28,42-45H,6-9,14-15,20-23H2,1-5H3;3-7,19H,1-2H3. The van der Waals surface area contributed by atoms with Crippen molar-refractivity contribution in [2.24, 2.45) is 0 Å². The molecule has 0 spiro atoms. The number of rotatable bonds is 20. The SMILES string of the molecule is CCCCOCC(O)COc1ccc(-c2nc(-c3ccc(OCC(O)COCCCC)cc3O)nc(-c3c(C)cc(C)cc3C)n2)c(O)c1.Cc1cc(C)c(O)c(-n2nc3ccc(Cl)cc3n2)c1. The summed E-state index contributed by atoms with van der Waals surface area (Å²) in [5.74, 6) is 1.42. The van der Waals surface area contributed by atoms with E-state index < -0.39 is 12.2 Å². The van der Waals surface area contributed by atoms with Gasteiger partial charge in [0.25, 0.3) is 0 Å². The number of fused-ring (bicyclic) bond motifs is 1. The van der Waals surface area contributed by atoms with Crippen molar-refractivity contribution >= 4 is 22.6 Å². The Hall–Kier alpha value is -6.36. The molecule has 2 heterocycles. The maximum atomic E-state index is 11.1. The number of aliphatic hydroxyl groups excluding tert-OH is 2. The van der Waals surface area contributed by atoms with Crippen molar-refractivity contribution in [3.05, 3.63) is 112 Å². The van der Waals surface area contributed by atoms with E-state index in [2.05, 4.69) is 29.0 Å². The Kier molecular flexibility index (Phi) is 18.1. The highest BCUT2D eigenvalue weighted by Gasteiger charge is 2.20. The Morgan fingerprint density at radius 1 is 0.559 bits per heavy atom. The number of benzene rings is 5. The summed E-state index contributed by atoms with van der Waals surface area (Å²) in [7, 11) is 0. The molecule has 5 N–H and O–H groups in total. The molecule has 0 aliphatic carbocycles. The van der Waals surface area contributed by atoms with Crippen LogP contribution in [0.5, 0.6) is 28.7 Å². The summed E-state index contributed by atoms with van der Waals surface area (Å²) in [5.41, 5.74) is 8.38. The Balaban J connectivity index is 0.000000330.